The Morgan fingerprint density at radius 3 is 2.45 bits per heavy atom. The lowest BCUT2D eigenvalue weighted by molar-refractivity contribution is -0.176. The summed E-state index contributed by atoms with van der Waals surface area (Å²) >= 11 is 0. The summed E-state index contributed by atoms with van der Waals surface area (Å²) in [7, 11) is 0. The molecule has 3 unspecified atom stereocenters. The summed E-state index contributed by atoms with van der Waals surface area (Å²) in [6, 6.07) is 7.94. The third-order valence-corrected chi connectivity index (χ3v) is 5.91. The minimum absolute atomic E-state index is 0. The first-order chi connectivity index (χ1) is 13.3. The number of hydrogen-bond donors (Lipinski definition) is 3. The molecule has 0 radical (unpaired) electrons. The molecule has 0 spiro atoms. The summed E-state index contributed by atoms with van der Waals surface area (Å²) in [6.45, 7) is 1.47. The number of hydrogen-bond acceptors (Lipinski definition) is 5. The van der Waals surface area contributed by atoms with Gasteiger partial charge < -0.3 is 19.8 Å². The van der Waals surface area contributed by atoms with Gasteiger partial charge in [0.2, 0.25) is 0 Å². The maximum atomic E-state index is 13.9. The molecule has 3 atom stereocenters. The number of nitrogens with zero attached hydrogens (tertiary/aromatic N) is 1. The predicted molar refractivity (Wildman–Crippen MR) is 105 cm³/mol. The first-order valence-electron chi connectivity index (χ1n) is 9.53. The zero-order valence-electron chi connectivity index (χ0n) is 16.0. The van der Waals surface area contributed by atoms with E-state index in [0.29, 0.717) is 13.1 Å². The molecule has 0 aromatic heterocycles. The van der Waals surface area contributed by atoms with Crippen molar-refractivity contribution in [1.82, 2.24) is 4.90 Å². The number of rotatable bonds is 6. The van der Waals surface area contributed by atoms with E-state index >= 15 is 0 Å². The highest BCUT2D eigenvalue weighted by Crippen LogP contribution is 2.48. The van der Waals surface area contributed by atoms with Crippen molar-refractivity contribution >= 4 is 24.7 Å². The highest BCUT2D eigenvalue weighted by molar-refractivity contribution is 5.85. The second-order valence-electron chi connectivity index (χ2n) is 7.75. The fourth-order valence-electron chi connectivity index (χ4n) is 4.07. The van der Waals surface area contributed by atoms with E-state index in [-0.39, 0.29) is 36.9 Å². The van der Waals surface area contributed by atoms with Gasteiger partial charge in [-0.2, -0.15) is 0 Å². The minimum Gasteiger partial charge on any atom is -0.463 e. The topological polar surface area (TPSA) is 93.9 Å². The Morgan fingerprint density at radius 2 is 1.93 bits per heavy atom. The van der Waals surface area contributed by atoms with Crippen molar-refractivity contribution in [2.24, 2.45) is 11.8 Å². The molecule has 0 bridgehead atoms. The Kier molecular flexibility index (Phi) is 7.59. The van der Waals surface area contributed by atoms with E-state index in [1.165, 1.54) is 18.5 Å². The van der Waals surface area contributed by atoms with Crippen LogP contribution >= 0.6 is 12.4 Å². The number of likely N-dealkylation sites (tertiary alicyclic amines) is 1. The summed E-state index contributed by atoms with van der Waals surface area (Å²) in [5.74, 6) is -5.36. The summed E-state index contributed by atoms with van der Waals surface area (Å²) in [4.78, 5) is 14.7. The largest absolute Gasteiger partial charge is 0.463 e. The maximum Gasteiger partial charge on any atom is 0.343 e. The summed E-state index contributed by atoms with van der Waals surface area (Å²) < 4.78 is 33.2. The normalized spacial score (nSPS) is 26.3. The number of halogens is 3. The lowest BCUT2D eigenvalue weighted by Gasteiger charge is -2.34. The molecule has 162 valence electrons. The summed E-state index contributed by atoms with van der Waals surface area (Å²) in [6.07, 6.45) is -0.301. The zero-order chi connectivity index (χ0) is 20.4. The summed E-state index contributed by atoms with van der Waals surface area (Å²) in [5, 5.41) is 28.2. The van der Waals surface area contributed by atoms with E-state index < -0.39 is 35.9 Å². The molecule has 29 heavy (non-hydrogen) atoms. The van der Waals surface area contributed by atoms with E-state index in [0.717, 1.165) is 12.8 Å². The number of esters is 1. The van der Waals surface area contributed by atoms with Gasteiger partial charge in [0.25, 0.3) is 5.92 Å². The predicted octanol–water partition coefficient (Wildman–Crippen LogP) is 2.56. The number of nitrogens with one attached hydrogen (secondary N) is 1. The average molecular weight is 433 g/mol. The minimum atomic E-state index is -3.35. The first-order valence-corrected chi connectivity index (χ1v) is 9.53. The molecular weight excluding hydrogens is 406 g/mol. The fraction of sp³-hybridized carbons (Fsp3) is 0.600. The van der Waals surface area contributed by atoms with Crippen molar-refractivity contribution in [2.45, 2.75) is 43.3 Å². The van der Waals surface area contributed by atoms with Crippen LogP contribution in [0.1, 0.15) is 31.2 Å². The number of alkyl halides is 2. The van der Waals surface area contributed by atoms with Gasteiger partial charge in [0.15, 0.2) is 5.60 Å². The van der Waals surface area contributed by atoms with Gasteiger partial charge >= 0.3 is 5.97 Å². The quantitative estimate of drug-likeness (QED) is 0.365. The van der Waals surface area contributed by atoms with Crippen LogP contribution in [-0.4, -0.2) is 59.1 Å². The van der Waals surface area contributed by atoms with Crippen LogP contribution in [0.25, 0.3) is 0 Å². The van der Waals surface area contributed by atoms with Gasteiger partial charge in [0.05, 0.1) is 12.9 Å². The van der Waals surface area contributed by atoms with Gasteiger partial charge in [0.1, 0.15) is 6.10 Å². The van der Waals surface area contributed by atoms with Crippen LogP contribution in [0.5, 0.6) is 0 Å². The zero-order valence-corrected chi connectivity index (χ0v) is 16.8. The van der Waals surface area contributed by atoms with Crippen LogP contribution in [0.4, 0.5) is 8.78 Å². The molecule has 2 aliphatic rings. The van der Waals surface area contributed by atoms with E-state index in [2.05, 4.69) is 0 Å². The third-order valence-electron chi connectivity index (χ3n) is 5.91. The van der Waals surface area contributed by atoms with Crippen molar-refractivity contribution in [2.75, 3.05) is 19.7 Å². The van der Waals surface area contributed by atoms with Crippen LogP contribution in [0.2, 0.25) is 0 Å². The standard InChI is InChI=1S/C20H26F2N2O4.ClH/c21-19(22)11-16(10-17(19)25)20(27,15-4-2-1-3-5-15)18(26)28-12-14-6-8-24(13-23)9-7-14;/h1-5,13-14,16-17,23,25,27H,6-12H2;1H. The van der Waals surface area contributed by atoms with Crippen molar-refractivity contribution < 1.29 is 28.5 Å². The number of piperidine rings is 1. The SMILES string of the molecule is Cl.N=CN1CCC(COC(=O)C(O)(c2ccccc2)C2CC(O)C(F)(F)C2)CC1. The van der Waals surface area contributed by atoms with Gasteiger partial charge in [-0.05, 0) is 30.7 Å². The monoisotopic (exact) mass is 432 g/mol. The van der Waals surface area contributed by atoms with Gasteiger partial charge in [-0.1, -0.05) is 30.3 Å². The number of carbonyl (C=O) groups excluding carboxylic acids is 1. The van der Waals surface area contributed by atoms with Gasteiger partial charge in [-0.25, -0.2) is 13.6 Å². The Balaban J connectivity index is 0.00000300. The molecule has 1 heterocycles. The second kappa shape index (κ2) is 9.36. The number of aliphatic hydroxyl groups is 2. The van der Waals surface area contributed by atoms with E-state index in [1.54, 1.807) is 18.2 Å². The van der Waals surface area contributed by atoms with Crippen LogP contribution in [0, 0.1) is 17.2 Å². The molecule has 1 saturated heterocycles. The van der Waals surface area contributed by atoms with Crippen LogP contribution < -0.4 is 0 Å². The second-order valence-corrected chi connectivity index (χ2v) is 7.75. The molecular formula is C20H27ClF2N2O4. The molecule has 9 heteroatoms. The molecule has 1 saturated carbocycles. The molecule has 1 aromatic carbocycles. The Bertz CT molecular complexity index is 701. The lowest BCUT2D eigenvalue weighted by Crippen LogP contribution is -2.45. The molecule has 1 aromatic rings. The maximum absolute atomic E-state index is 13.9. The number of aliphatic hydroxyl groups excluding tert-OH is 1. The smallest absolute Gasteiger partial charge is 0.343 e. The molecule has 3 N–H and O–H groups in total. The number of carbonyl (C=O) groups is 1. The van der Waals surface area contributed by atoms with E-state index in [1.807, 2.05) is 4.90 Å². The average Bonchev–Trinajstić information content (AvgIpc) is 2.99. The summed E-state index contributed by atoms with van der Waals surface area (Å²) in [5.41, 5.74) is -2.05. The van der Waals surface area contributed by atoms with Gasteiger partial charge in [-0.3, -0.25) is 5.41 Å². The van der Waals surface area contributed by atoms with Crippen LogP contribution in [0.3, 0.4) is 0 Å². The van der Waals surface area contributed by atoms with Gasteiger partial charge in [0, 0.05) is 25.4 Å². The van der Waals surface area contributed by atoms with Crippen LogP contribution in [0.15, 0.2) is 30.3 Å². The molecule has 3 rings (SSSR count). The van der Waals surface area contributed by atoms with E-state index in [4.69, 9.17) is 10.1 Å². The lowest BCUT2D eigenvalue weighted by atomic mass is 9.80. The third kappa shape index (κ3) is 4.87. The number of ether oxygens (including phenoxy) is 1. The fourth-order valence-corrected chi connectivity index (χ4v) is 4.07. The van der Waals surface area contributed by atoms with Crippen molar-refractivity contribution in [3.63, 3.8) is 0 Å². The van der Waals surface area contributed by atoms with E-state index in [9.17, 15) is 23.8 Å². The highest BCUT2D eigenvalue weighted by Gasteiger charge is 2.58. The molecule has 1 aliphatic carbocycles. The van der Waals surface area contributed by atoms with Crippen LogP contribution in [-0.2, 0) is 15.1 Å². The number of benzene rings is 1. The Hall–Kier alpha value is -1.77. The van der Waals surface area contributed by atoms with Gasteiger partial charge in [-0.15, -0.1) is 12.4 Å². The van der Waals surface area contributed by atoms with Crippen molar-refractivity contribution in [3.05, 3.63) is 35.9 Å². The molecule has 0 amide bonds. The Morgan fingerprint density at radius 1 is 1.31 bits per heavy atom. The molecule has 1 aliphatic heterocycles. The highest BCUT2D eigenvalue weighted by atomic mass is 35.5. The van der Waals surface area contributed by atoms with Crippen molar-refractivity contribution in [3.8, 4) is 0 Å². The van der Waals surface area contributed by atoms with Crippen molar-refractivity contribution in [1.29, 1.82) is 5.41 Å². The molecule has 2 fully saturated rings. The Labute approximate surface area is 174 Å². The molecule has 6 nitrogen and oxygen atoms in total. The first kappa shape index (κ1) is 23.5.